The van der Waals surface area contributed by atoms with Crippen LogP contribution in [-0.4, -0.2) is 64.4 Å². The molecule has 0 aromatic carbocycles. The van der Waals surface area contributed by atoms with Crippen molar-refractivity contribution in [2.24, 2.45) is 0 Å². The highest BCUT2D eigenvalue weighted by atomic mass is 31.3. The number of aliphatic hydroxyl groups is 1. The number of phosphoric ester groups is 2. The van der Waals surface area contributed by atoms with Gasteiger partial charge in [-0.25, -0.2) is 18.3 Å². The third-order valence-corrected chi connectivity index (χ3v) is 7.00. The fraction of sp³-hybridized carbons (Fsp3) is 0.769. The van der Waals surface area contributed by atoms with Gasteiger partial charge in [0.2, 0.25) is 0 Å². The standard InChI is InChI=1S/C6H14O10P2.C5H12O7P2.2CH4/c1-6(9,4-5(7)8)2-3-15-18(13,14)16-17(10,11)12;1-5(2)3-4-11-14(9,10)12-13(6,7)8;;/h9H,2-4H2,1H3,(H,7,8)(H,13,14)(H2,10,11,12);1,3-4H2,2H3,(H,9,10)(H2,6,7,8);2*1H4/t6-;;;/m1.../s1. The maximum Gasteiger partial charge on any atom is 0.481 e. The summed E-state index contributed by atoms with van der Waals surface area (Å²) >= 11 is 0. The lowest BCUT2D eigenvalue weighted by molar-refractivity contribution is -0.142. The first kappa shape index (κ1) is 40.8. The molecule has 0 saturated carbocycles. The maximum atomic E-state index is 11.0. The molecule has 0 aromatic heterocycles. The molecule has 0 heterocycles. The lowest BCUT2D eigenvalue weighted by Crippen LogP contribution is -2.29. The van der Waals surface area contributed by atoms with Crippen LogP contribution in [0.1, 0.15) is 48.0 Å². The van der Waals surface area contributed by atoms with Crippen molar-refractivity contribution in [2.75, 3.05) is 13.2 Å². The van der Waals surface area contributed by atoms with E-state index in [9.17, 15) is 28.2 Å². The van der Waals surface area contributed by atoms with E-state index in [1.54, 1.807) is 6.92 Å². The molecule has 0 spiro atoms. The van der Waals surface area contributed by atoms with Crippen LogP contribution in [0.3, 0.4) is 0 Å². The van der Waals surface area contributed by atoms with Crippen molar-refractivity contribution in [3.8, 4) is 0 Å². The predicted molar refractivity (Wildman–Crippen MR) is 118 cm³/mol. The van der Waals surface area contributed by atoms with Crippen LogP contribution in [0, 0.1) is 0 Å². The molecule has 208 valence electrons. The Morgan fingerprint density at radius 3 is 1.50 bits per heavy atom. The zero-order valence-electron chi connectivity index (χ0n) is 16.8. The molecule has 0 rings (SSSR count). The van der Waals surface area contributed by atoms with Crippen molar-refractivity contribution >= 4 is 37.3 Å². The van der Waals surface area contributed by atoms with Crippen molar-refractivity contribution in [1.29, 1.82) is 0 Å². The molecule has 21 heteroatoms. The van der Waals surface area contributed by atoms with Gasteiger partial charge in [0.15, 0.2) is 0 Å². The molecule has 8 N–H and O–H groups in total. The fourth-order valence-electron chi connectivity index (χ4n) is 1.45. The van der Waals surface area contributed by atoms with E-state index in [-0.39, 0.29) is 27.9 Å². The number of carboxylic acid groups (broad SMARTS) is 1. The SMILES string of the molecule is C.C.C=C(C)CCOP(=O)(O)OP(=O)(O)O.C[C@@](O)(CCOP(=O)(O)OP(=O)(O)O)CC(=O)O. The van der Waals surface area contributed by atoms with E-state index in [0.29, 0.717) is 12.0 Å². The number of hydrogen-bond acceptors (Lipinski definition) is 10. The highest BCUT2D eigenvalue weighted by Gasteiger charge is 2.34. The predicted octanol–water partition coefficient (Wildman–Crippen LogP) is 2.28. The molecule has 0 aromatic rings. The summed E-state index contributed by atoms with van der Waals surface area (Å²) < 4.78 is 57.7. The largest absolute Gasteiger partial charge is 0.481 e. The Labute approximate surface area is 197 Å². The van der Waals surface area contributed by atoms with Gasteiger partial charge >= 0.3 is 37.3 Å². The summed E-state index contributed by atoms with van der Waals surface area (Å²) in [5.74, 6) is -1.28. The van der Waals surface area contributed by atoms with Crippen molar-refractivity contribution in [3.05, 3.63) is 12.2 Å². The third kappa shape index (κ3) is 29.7. The number of aliphatic carboxylic acids is 1. The molecule has 0 amide bonds. The molecule has 0 fully saturated rings. The summed E-state index contributed by atoms with van der Waals surface area (Å²) in [7, 11) is -19.8. The van der Waals surface area contributed by atoms with Crippen molar-refractivity contribution in [1.82, 2.24) is 0 Å². The summed E-state index contributed by atoms with van der Waals surface area (Å²) in [6, 6.07) is 0. The number of carboxylic acids is 1. The van der Waals surface area contributed by atoms with Crippen LogP contribution in [0.15, 0.2) is 12.2 Å². The molecule has 34 heavy (non-hydrogen) atoms. The second kappa shape index (κ2) is 16.4. The number of phosphoric acid groups is 4. The van der Waals surface area contributed by atoms with Gasteiger partial charge in [-0.05, 0) is 20.3 Å². The molecule has 3 atom stereocenters. The molecular weight excluding hydrogens is 552 g/mol. The summed E-state index contributed by atoms with van der Waals surface area (Å²) in [6.07, 6.45) is -0.658. The first-order chi connectivity index (χ1) is 14.0. The Bertz CT molecular complexity index is 812. The molecule has 0 bridgehead atoms. The number of hydrogen-bond donors (Lipinski definition) is 8. The Morgan fingerprint density at radius 1 is 0.853 bits per heavy atom. The monoisotopic (exact) mass is 586 g/mol. The summed E-state index contributed by atoms with van der Waals surface area (Å²) in [6.45, 7) is 5.53. The fourth-order valence-corrected chi connectivity index (χ4v) is 4.62. The summed E-state index contributed by atoms with van der Waals surface area (Å²) in [5, 5.41) is 17.9. The highest BCUT2D eigenvalue weighted by Crippen LogP contribution is 2.58. The quantitative estimate of drug-likeness (QED) is 0.107. The molecule has 0 aliphatic rings. The normalized spacial score (nSPS) is 16.7. The second-order valence-electron chi connectivity index (χ2n) is 6.27. The Hall–Kier alpha value is -0.310. The van der Waals surface area contributed by atoms with Crippen molar-refractivity contribution in [2.45, 2.75) is 53.6 Å². The zero-order chi connectivity index (χ0) is 26.0. The minimum Gasteiger partial charge on any atom is -0.481 e. The Balaban J connectivity index is -0.000000257. The minimum absolute atomic E-state index is 0. The van der Waals surface area contributed by atoms with E-state index < -0.39 is 55.9 Å². The maximum absolute atomic E-state index is 11.0. The van der Waals surface area contributed by atoms with Crippen LogP contribution >= 0.6 is 31.3 Å². The van der Waals surface area contributed by atoms with Gasteiger partial charge in [-0.2, -0.15) is 8.62 Å². The first-order valence-electron chi connectivity index (χ1n) is 8.02. The van der Waals surface area contributed by atoms with Gasteiger partial charge in [-0.1, -0.05) is 20.4 Å². The van der Waals surface area contributed by atoms with Crippen LogP contribution < -0.4 is 0 Å². The highest BCUT2D eigenvalue weighted by molar-refractivity contribution is 7.61. The first-order valence-corrected chi connectivity index (χ1v) is 14.1. The molecule has 0 aliphatic carbocycles. The van der Waals surface area contributed by atoms with Gasteiger partial charge in [0.05, 0.1) is 25.2 Å². The molecule has 0 aliphatic heterocycles. The van der Waals surface area contributed by atoms with Crippen molar-refractivity contribution in [3.63, 3.8) is 0 Å². The van der Waals surface area contributed by atoms with Crippen LogP contribution in [0.4, 0.5) is 0 Å². The smallest absolute Gasteiger partial charge is 0.481 e. The molecule has 17 nitrogen and oxygen atoms in total. The van der Waals surface area contributed by atoms with Gasteiger partial charge in [0.25, 0.3) is 0 Å². The van der Waals surface area contributed by atoms with E-state index in [1.807, 2.05) is 0 Å². The minimum atomic E-state index is -5.19. The van der Waals surface area contributed by atoms with Crippen LogP contribution in [0.25, 0.3) is 0 Å². The molecular formula is C13H34O17P4. The van der Waals surface area contributed by atoms with E-state index in [0.717, 1.165) is 6.92 Å². The second-order valence-corrected chi connectivity index (χ2v) is 11.9. The van der Waals surface area contributed by atoms with Gasteiger partial charge in [-0.3, -0.25) is 13.8 Å². The van der Waals surface area contributed by atoms with Crippen LogP contribution in [0.2, 0.25) is 0 Å². The van der Waals surface area contributed by atoms with Gasteiger partial charge in [0, 0.05) is 6.42 Å². The average molecular weight is 586 g/mol. The molecule has 0 saturated heterocycles. The van der Waals surface area contributed by atoms with E-state index in [1.165, 1.54) is 0 Å². The number of carbonyl (C=O) groups is 1. The van der Waals surface area contributed by atoms with Gasteiger partial charge in [-0.15, -0.1) is 6.58 Å². The lowest BCUT2D eigenvalue weighted by atomic mass is 9.99. The van der Waals surface area contributed by atoms with Gasteiger partial charge in [0.1, 0.15) is 0 Å². The average Bonchev–Trinajstić information content (AvgIpc) is 2.39. The van der Waals surface area contributed by atoms with E-state index in [2.05, 4.69) is 24.2 Å². The molecule has 0 radical (unpaired) electrons. The van der Waals surface area contributed by atoms with Crippen LogP contribution in [0.5, 0.6) is 0 Å². The Morgan fingerprint density at radius 2 is 1.21 bits per heavy atom. The van der Waals surface area contributed by atoms with Crippen LogP contribution in [-0.2, 0) is 40.7 Å². The summed E-state index contributed by atoms with van der Waals surface area (Å²) in [5.41, 5.74) is -0.977. The Kier molecular flexibility index (Phi) is 19.7. The van der Waals surface area contributed by atoms with E-state index >= 15 is 0 Å². The van der Waals surface area contributed by atoms with Gasteiger partial charge < -0.3 is 39.6 Å². The van der Waals surface area contributed by atoms with E-state index in [4.69, 9.17) is 34.5 Å². The number of rotatable bonds is 14. The lowest BCUT2D eigenvalue weighted by Gasteiger charge is -2.21. The molecule has 2 unspecified atom stereocenters. The third-order valence-electron chi connectivity index (χ3n) is 2.63. The zero-order valence-corrected chi connectivity index (χ0v) is 20.4. The van der Waals surface area contributed by atoms with Crippen molar-refractivity contribution < 1.29 is 80.3 Å². The summed E-state index contributed by atoms with van der Waals surface area (Å²) in [4.78, 5) is 60.9. The topological polar surface area (TPSA) is 284 Å².